The third kappa shape index (κ3) is 5.97. The van der Waals surface area contributed by atoms with Crippen molar-refractivity contribution in [2.75, 3.05) is 6.54 Å². The molecule has 0 aliphatic heterocycles. The van der Waals surface area contributed by atoms with Gasteiger partial charge in [-0.25, -0.2) is 0 Å². The number of hydrogen-bond acceptors (Lipinski definition) is 2. The molecular weight excluding hydrogens is 176 g/mol. The molecule has 0 aliphatic rings. The van der Waals surface area contributed by atoms with Gasteiger partial charge < -0.3 is 11.1 Å². The second-order valence-electron chi connectivity index (χ2n) is 4.40. The molecule has 0 saturated heterocycles. The Kier molecular flexibility index (Phi) is 6.54. The molecule has 0 aromatic heterocycles. The van der Waals surface area contributed by atoms with Crippen LogP contribution in [0.4, 0.5) is 0 Å². The molecule has 2 unspecified atom stereocenters. The van der Waals surface area contributed by atoms with Crippen LogP contribution in [0.3, 0.4) is 0 Å². The van der Waals surface area contributed by atoms with E-state index < -0.39 is 0 Å². The summed E-state index contributed by atoms with van der Waals surface area (Å²) in [6, 6.07) is 0.00403. The second kappa shape index (κ2) is 6.82. The lowest BCUT2D eigenvalue weighted by molar-refractivity contribution is -0.121. The quantitative estimate of drug-likeness (QED) is 0.683. The maximum Gasteiger partial charge on any atom is 0.221 e. The van der Waals surface area contributed by atoms with Crippen LogP contribution in [0.15, 0.2) is 0 Å². The molecule has 3 nitrogen and oxygen atoms in total. The first-order chi connectivity index (χ1) is 6.47. The van der Waals surface area contributed by atoms with Crippen LogP contribution in [-0.4, -0.2) is 18.5 Å². The molecule has 1 amide bonds. The standard InChI is InChI=1S/C11H24N2O/c1-5-10(12)6-11(14)13-7-9(4)8(2)3/h8-10H,5-7,12H2,1-4H3,(H,13,14). The summed E-state index contributed by atoms with van der Waals surface area (Å²) >= 11 is 0. The maximum atomic E-state index is 11.3. The molecule has 0 fully saturated rings. The number of hydrogen-bond donors (Lipinski definition) is 2. The summed E-state index contributed by atoms with van der Waals surface area (Å²) in [5.74, 6) is 1.21. The van der Waals surface area contributed by atoms with E-state index in [0.29, 0.717) is 18.3 Å². The molecule has 2 atom stereocenters. The highest BCUT2D eigenvalue weighted by atomic mass is 16.1. The minimum atomic E-state index is 0.00403. The summed E-state index contributed by atoms with van der Waals surface area (Å²) in [5.41, 5.74) is 5.68. The monoisotopic (exact) mass is 200 g/mol. The summed E-state index contributed by atoms with van der Waals surface area (Å²) in [6.07, 6.45) is 1.30. The molecule has 0 aliphatic carbocycles. The first-order valence-corrected chi connectivity index (χ1v) is 5.49. The molecular formula is C11H24N2O. The average molecular weight is 200 g/mol. The zero-order valence-corrected chi connectivity index (χ0v) is 9.84. The smallest absolute Gasteiger partial charge is 0.221 e. The van der Waals surface area contributed by atoms with Crippen molar-refractivity contribution in [1.82, 2.24) is 5.32 Å². The van der Waals surface area contributed by atoms with E-state index in [-0.39, 0.29) is 11.9 Å². The van der Waals surface area contributed by atoms with Gasteiger partial charge in [0.15, 0.2) is 0 Å². The minimum absolute atomic E-state index is 0.00403. The van der Waals surface area contributed by atoms with Crippen molar-refractivity contribution in [2.24, 2.45) is 17.6 Å². The van der Waals surface area contributed by atoms with Crippen molar-refractivity contribution in [2.45, 2.75) is 46.6 Å². The Bertz CT molecular complexity index is 169. The van der Waals surface area contributed by atoms with Gasteiger partial charge in [0.2, 0.25) is 5.91 Å². The molecule has 0 bridgehead atoms. The largest absolute Gasteiger partial charge is 0.356 e. The number of nitrogens with two attached hydrogens (primary N) is 1. The predicted molar refractivity (Wildman–Crippen MR) is 59.9 cm³/mol. The number of carbonyl (C=O) groups excluding carboxylic acids is 1. The summed E-state index contributed by atoms with van der Waals surface area (Å²) < 4.78 is 0. The summed E-state index contributed by atoms with van der Waals surface area (Å²) in [7, 11) is 0. The van der Waals surface area contributed by atoms with Gasteiger partial charge in [-0.3, -0.25) is 4.79 Å². The Hall–Kier alpha value is -0.570. The highest BCUT2D eigenvalue weighted by Crippen LogP contribution is 2.07. The highest BCUT2D eigenvalue weighted by Gasteiger charge is 2.10. The van der Waals surface area contributed by atoms with Crippen LogP contribution < -0.4 is 11.1 Å². The normalized spacial score (nSPS) is 15.3. The van der Waals surface area contributed by atoms with E-state index in [1.165, 1.54) is 0 Å². The van der Waals surface area contributed by atoms with E-state index in [1.807, 2.05) is 6.92 Å². The van der Waals surface area contributed by atoms with Crippen LogP contribution >= 0.6 is 0 Å². The SMILES string of the molecule is CCC(N)CC(=O)NCC(C)C(C)C. The topological polar surface area (TPSA) is 55.1 Å². The van der Waals surface area contributed by atoms with Crippen LogP contribution in [0.2, 0.25) is 0 Å². The van der Waals surface area contributed by atoms with E-state index in [2.05, 4.69) is 26.1 Å². The molecule has 3 N–H and O–H groups in total. The van der Waals surface area contributed by atoms with Gasteiger partial charge >= 0.3 is 0 Å². The fourth-order valence-corrected chi connectivity index (χ4v) is 0.965. The van der Waals surface area contributed by atoms with Gasteiger partial charge in [-0.05, 0) is 18.3 Å². The Morgan fingerprint density at radius 1 is 1.36 bits per heavy atom. The van der Waals surface area contributed by atoms with Gasteiger partial charge in [-0.2, -0.15) is 0 Å². The number of amides is 1. The van der Waals surface area contributed by atoms with Gasteiger partial charge in [-0.1, -0.05) is 27.7 Å². The lowest BCUT2D eigenvalue weighted by Gasteiger charge is -2.16. The lowest BCUT2D eigenvalue weighted by Crippen LogP contribution is -2.34. The van der Waals surface area contributed by atoms with Crippen molar-refractivity contribution in [3.8, 4) is 0 Å². The van der Waals surface area contributed by atoms with Gasteiger partial charge in [0.1, 0.15) is 0 Å². The van der Waals surface area contributed by atoms with E-state index in [4.69, 9.17) is 5.73 Å². The van der Waals surface area contributed by atoms with Crippen molar-refractivity contribution < 1.29 is 4.79 Å². The molecule has 0 spiro atoms. The number of nitrogens with one attached hydrogen (secondary N) is 1. The zero-order valence-electron chi connectivity index (χ0n) is 9.84. The minimum Gasteiger partial charge on any atom is -0.356 e. The number of carbonyl (C=O) groups is 1. The molecule has 0 saturated carbocycles. The van der Waals surface area contributed by atoms with Gasteiger partial charge in [0, 0.05) is 19.0 Å². The first-order valence-electron chi connectivity index (χ1n) is 5.49. The molecule has 3 heteroatoms. The van der Waals surface area contributed by atoms with Crippen molar-refractivity contribution in [3.63, 3.8) is 0 Å². The molecule has 14 heavy (non-hydrogen) atoms. The molecule has 0 rings (SSSR count). The molecule has 0 heterocycles. The summed E-state index contributed by atoms with van der Waals surface area (Å²) in [5, 5.41) is 2.91. The highest BCUT2D eigenvalue weighted by molar-refractivity contribution is 5.76. The molecule has 84 valence electrons. The summed E-state index contributed by atoms with van der Waals surface area (Å²) in [4.78, 5) is 11.3. The fourth-order valence-electron chi connectivity index (χ4n) is 0.965. The van der Waals surface area contributed by atoms with E-state index in [9.17, 15) is 4.79 Å². The fraction of sp³-hybridized carbons (Fsp3) is 0.909. The van der Waals surface area contributed by atoms with Crippen LogP contribution in [0.25, 0.3) is 0 Å². The molecule has 0 radical (unpaired) electrons. The average Bonchev–Trinajstić information content (AvgIpc) is 2.13. The predicted octanol–water partition coefficient (Wildman–Crippen LogP) is 1.52. The summed E-state index contributed by atoms with van der Waals surface area (Å²) in [6.45, 7) is 9.22. The van der Waals surface area contributed by atoms with Gasteiger partial charge in [-0.15, -0.1) is 0 Å². The third-order valence-corrected chi connectivity index (χ3v) is 2.73. The van der Waals surface area contributed by atoms with Crippen molar-refractivity contribution in [3.05, 3.63) is 0 Å². The Labute approximate surface area is 87.4 Å². The Morgan fingerprint density at radius 2 is 1.93 bits per heavy atom. The van der Waals surface area contributed by atoms with Crippen LogP contribution in [0.5, 0.6) is 0 Å². The Balaban J connectivity index is 3.64. The zero-order chi connectivity index (χ0) is 11.1. The third-order valence-electron chi connectivity index (χ3n) is 2.73. The Morgan fingerprint density at radius 3 is 2.36 bits per heavy atom. The van der Waals surface area contributed by atoms with Gasteiger partial charge in [0.25, 0.3) is 0 Å². The van der Waals surface area contributed by atoms with Crippen LogP contribution in [-0.2, 0) is 4.79 Å². The van der Waals surface area contributed by atoms with Crippen molar-refractivity contribution in [1.29, 1.82) is 0 Å². The van der Waals surface area contributed by atoms with E-state index >= 15 is 0 Å². The maximum absolute atomic E-state index is 11.3. The second-order valence-corrected chi connectivity index (χ2v) is 4.40. The first kappa shape index (κ1) is 13.4. The van der Waals surface area contributed by atoms with E-state index in [0.717, 1.165) is 13.0 Å². The van der Waals surface area contributed by atoms with Gasteiger partial charge in [0.05, 0.1) is 0 Å². The molecule has 0 aromatic carbocycles. The lowest BCUT2D eigenvalue weighted by atomic mass is 9.98. The van der Waals surface area contributed by atoms with Crippen molar-refractivity contribution >= 4 is 5.91 Å². The molecule has 0 aromatic rings. The number of rotatable bonds is 6. The van der Waals surface area contributed by atoms with E-state index in [1.54, 1.807) is 0 Å². The van der Waals surface area contributed by atoms with Crippen LogP contribution in [0, 0.1) is 11.8 Å². The van der Waals surface area contributed by atoms with Crippen LogP contribution in [0.1, 0.15) is 40.5 Å².